The van der Waals surface area contributed by atoms with Crippen LogP contribution in [0.5, 0.6) is 0 Å². The summed E-state index contributed by atoms with van der Waals surface area (Å²) < 4.78 is 2.38. The highest BCUT2D eigenvalue weighted by molar-refractivity contribution is 6.09. The van der Waals surface area contributed by atoms with E-state index in [1.54, 1.807) is 0 Å². The van der Waals surface area contributed by atoms with E-state index < -0.39 is 0 Å². The summed E-state index contributed by atoms with van der Waals surface area (Å²) in [5.41, 5.74) is 3.73. The van der Waals surface area contributed by atoms with Gasteiger partial charge in [-0.3, -0.25) is 5.01 Å². The van der Waals surface area contributed by atoms with E-state index in [4.69, 9.17) is 5.10 Å². The van der Waals surface area contributed by atoms with Crippen LogP contribution in [-0.4, -0.2) is 47.0 Å². The van der Waals surface area contributed by atoms with E-state index in [0.717, 1.165) is 44.1 Å². The number of nitrogens with zero attached hydrogens (tertiary/aromatic N) is 5. The molecule has 0 saturated carbocycles. The highest BCUT2D eigenvalue weighted by Gasteiger charge is 2.16. The van der Waals surface area contributed by atoms with Gasteiger partial charge in [0.15, 0.2) is 0 Å². The Labute approximate surface area is 170 Å². The lowest BCUT2D eigenvalue weighted by atomic mass is 10.1. The topological polar surface area (TPSA) is 36.7 Å². The number of para-hydroxylation sites is 1. The van der Waals surface area contributed by atoms with Gasteiger partial charge in [0.05, 0.1) is 19.3 Å². The van der Waals surface area contributed by atoms with Crippen molar-refractivity contribution in [2.24, 2.45) is 5.10 Å². The molecule has 1 aliphatic rings. The lowest BCUT2D eigenvalue weighted by Gasteiger charge is -2.33. The molecule has 2 aromatic heterocycles. The summed E-state index contributed by atoms with van der Waals surface area (Å²) in [6, 6.07) is 21.4. The van der Waals surface area contributed by atoms with E-state index in [9.17, 15) is 0 Å². The van der Waals surface area contributed by atoms with Crippen LogP contribution < -0.4 is 4.90 Å². The van der Waals surface area contributed by atoms with E-state index in [1.165, 1.54) is 21.8 Å². The fraction of sp³-hybridized carbons (Fsp3) is 0.250. The lowest BCUT2D eigenvalue weighted by molar-refractivity contribution is 0.271. The minimum absolute atomic E-state index is 0.907. The number of piperazine rings is 1. The number of aromatic nitrogens is 2. The Morgan fingerprint density at radius 3 is 2.48 bits per heavy atom. The maximum absolute atomic E-state index is 4.75. The van der Waals surface area contributed by atoms with Crippen LogP contribution in [0.4, 0.5) is 5.82 Å². The van der Waals surface area contributed by atoms with Crippen molar-refractivity contribution in [3.63, 3.8) is 0 Å². The molecule has 3 heterocycles. The van der Waals surface area contributed by atoms with Crippen LogP contribution in [-0.2, 0) is 6.54 Å². The van der Waals surface area contributed by atoms with Crippen molar-refractivity contribution in [1.82, 2.24) is 14.6 Å². The molecule has 0 radical (unpaired) electrons. The van der Waals surface area contributed by atoms with Gasteiger partial charge in [-0.2, -0.15) is 5.10 Å². The summed E-state index contributed by atoms with van der Waals surface area (Å²) in [7, 11) is 0. The van der Waals surface area contributed by atoms with Crippen molar-refractivity contribution < 1.29 is 0 Å². The number of benzene rings is 2. The summed E-state index contributed by atoms with van der Waals surface area (Å²) in [5, 5.41) is 9.51. The van der Waals surface area contributed by atoms with Gasteiger partial charge in [0, 0.05) is 47.6 Å². The normalized spacial score (nSPS) is 15.1. The van der Waals surface area contributed by atoms with Gasteiger partial charge in [-0.25, -0.2) is 4.98 Å². The number of aryl methyl sites for hydroxylation is 1. The van der Waals surface area contributed by atoms with Crippen molar-refractivity contribution in [3.8, 4) is 0 Å². The Morgan fingerprint density at radius 1 is 0.897 bits per heavy atom. The molecule has 0 amide bonds. The Hall–Kier alpha value is -3.34. The summed E-state index contributed by atoms with van der Waals surface area (Å²) >= 11 is 0. The number of rotatable bonds is 4. The number of hydrogen-bond donors (Lipinski definition) is 0. The van der Waals surface area contributed by atoms with Crippen molar-refractivity contribution in [1.29, 1.82) is 0 Å². The van der Waals surface area contributed by atoms with Crippen molar-refractivity contribution in [2.75, 3.05) is 31.1 Å². The lowest BCUT2D eigenvalue weighted by Crippen LogP contribution is -2.44. The van der Waals surface area contributed by atoms with Gasteiger partial charge in [-0.15, -0.1) is 0 Å². The summed E-state index contributed by atoms with van der Waals surface area (Å²) in [4.78, 5) is 6.77. The zero-order valence-corrected chi connectivity index (χ0v) is 16.7. The Kier molecular flexibility index (Phi) is 4.64. The highest BCUT2D eigenvalue weighted by atomic mass is 15.5. The second kappa shape index (κ2) is 7.59. The Morgan fingerprint density at radius 2 is 1.69 bits per heavy atom. The molecule has 1 aliphatic heterocycles. The van der Waals surface area contributed by atoms with E-state index >= 15 is 0 Å². The zero-order chi connectivity index (χ0) is 19.6. The number of fused-ring (bicyclic) bond motifs is 3. The van der Waals surface area contributed by atoms with Crippen molar-refractivity contribution >= 4 is 33.8 Å². The second-order valence-electron chi connectivity index (χ2n) is 7.41. The maximum Gasteiger partial charge on any atom is 0.128 e. The molecule has 0 aliphatic carbocycles. The third kappa shape index (κ3) is 3.33. The van der Waals surface area contributed by atoms with Crippen LogP contribution in [0.25, 0.3) is 21.8 Å². The van der Waals surface area contributed by atoms with E-state index in [2.05, 4.69) is 74.9 Å². The fourth-order valence-corrected chi connectivity index (χ4v) is 4.22. The standard InChI is InChI=1S/C24H25N5/c1-2-29-22-8-4-3-7-20(22)21-17-19(10-11-23(21)29)18-26-28-15-13-27(14-16-28)24-9-5-6-12-25-24/h3-12,17-18H,2,13-16H2,1H3/b26-18-. The van der Waals surface area contributed by atoms with Crippen LogP contribution in [0.15, 0.2) is 72.0 Å². The molecule has 146 valence electrons. The van der Waals surface area contributed by atoms with Gasteiger partial charge in [-0.05, 0) is 42.8 Å². The zero-order valence-electron chi connectivity index (χ0n) is 16.7. The number of pyridine rings is 1. The molecule has 5 heteroatoms. The smallest absolute Gasteiger partial charge is 0.128 e. The minimum atomic E-state index is 0.907. The molecule has 29 heavy (non-hydrogen) atoms. The van der Waals surface area contributed by atoms with E-state index in [-0.39, 0.29) is 0 Å². The fourth-order valence-electron chi connectivity index (χ4n) is 4.22. The molecular formula is C24H25N5. The monoisotopic (exact) mass is 383 g/mol. The minimum Gasteiger partial charge on any atom is -0.353 e. The molecule has 0 atom stereocenters. The summed E-state index contributed by atoms with van der Waals surface area (Å²) in [5.74, 6) is 1.05. The molecule has 5 rings (SSSR count). The third-order valence-electron chi connectivity index (χ3n) is 5.71. The average Bonchev–Trinajstić information content (AvgIpc) is 3.11. The molecule has 0 unspecified atom stereocenters. The summed E-state index contributed by atoms with van der Waals surface area (Å²) in [6.07, 6.45) is 3.85. The quantitative estimate of drug-likeness (QED) is 0.491. The molecule has 1 saturated heterocycles. The molecular weight excluding hydrogens is 358 g/mol. The van der Waals surface area contributed by atoms with Crippen LogP contribution in [0, 0.1) is 0 Å². The van der Waals surface area contributed by atoms with Gasteiger partial charge in [-0.1, -0.05) is 30.3 Å². The first-order valence-electron chi connectivity index (χ1n) is 10.3. The number of hydrogen-bond acceptors (Lipinski definition) is 4. The summed E-state index contributed by atoms with van der Waals surface area (Å²) in [6.45, 7) is 6.87. The average molecular weight is 383 g/mol. The molecule has 0 spiro atoms. The predicted octanol–water partition coefficient (Wildman–Crippen LogP) is 4.37. The Bertz CT molecular complexity index is 1150. The first-order chi connectivity index (χ1) is 14.3. The first-order valence-corrected chi connectivity index (χ1v) is 10.3. The second-order valence-corrected chi connectivity index (χ2v) is 7.41. The van der Waals surface area contributed by atoms with Gasteiger partial charge in [0.2, 0.25) is 0 Å². The van der Waals surface area contributed by atoms with Gasteiger partial charge < -0.3 is 9.47 Å². The molecule has 4 aromatic rings. The van der Waals surface area contributed by atoms with Crippen LogP contribution >= 0.6 is 0 Å². The molecule has 0 N–H and O–H groups in total. The van der Waals surface area contributed by atoms with E-state index in [1.807, 2.05) is 24.5 Å². The van der Waals surface area contributed by atoms with Crippen LogP contribution in [0.2, 0.25) is 0 Å². The number of anilines is 1. The third-order valence-corrected chi connectivity index (χ3v) is 5.71. The SMILES string of the molecule is CCn1c2ccccc2c2cc(/C=N\N3CCN(c4ccccn4)CC3)ccc21. The first kappa shape index (κ1) is 17.7. The molecule has 2 aromatic carbocycles. The molecule has 0 bridgehead atoms. The van der Waals surface area contributed by atoms with Crippen LogP contribution in [0.3, 0.4) is 0 Å². The van der Waals surface area contributed by atoms with Gasteiger partial charge in [0.1, 0.15) is 5.82 Å². The van der Waals surface area contributed by atoms with Crippen LogP contribution in [0.1, 0.15) is 12.5 Å². The van der Waals surface area contributed by atoms with Gasteiger partial charge >= 0.3 is 0 Å². The van der Waals surface area contributed by atoms with Gasteiger partial charge in [0.25, 0.3) is 0 Å². The maximum atomic E-state index is 4.75. The predicted molar refractivity (Wildman–Crippen MR) is 121 cm³/mol. The highest BCUT2D eigenvalue weighted by Crippen LogP contribution is 2.29. The Balaban J connectivity index is 1.34. The van der Waals surface area contributed by atoms with E-state index in [0.29, 0.717) is 0 Å². The number of hydrazone groups is 1. The van der Waals surface area contributed by atoms with Crippen molar-refractivity contribution in [2.45, 2.75) is 13.5 Å². The van der Waals surface area contributed by atoms with Crippen molar-refractivity contribution in [3.05, 3.63) is 72.4 Å². The largest absolute Gasteiger partial charge is 0.353 e. The molecule has 5 nitrogen and oxygen atoms in total. The molecule has 1 fully saturated rings.